The first-order chi connectivity index (χ1) is 14.8. The Bertz CT molecular complexity index is 1460. The van der Waals surface area contributed by atoms with Gasteiger partial charge in [-0.3, -0.25) is 0 Å². The molecular formula is C18H16ClN5O5S2. The van der Waals surface area contributed by atoms with Crippen molar-refractivity contribution >= 4 is 53.5 Å². The highest BCUT2D eigenvalue weighted by Crippen LogP contribution is 2.44. The molecule has 0 bridgehead atoms. The normalized spacial score (nSPS) is 21.5. The number of halogens is 1. The second-order valence-corrected chi connectivity index (χ2v) is 10.8. The van der Waals surface area contributed by atoms with Crippen molar-refractivity contribution in [3.8, 4) is 0 Å². The molecule has 3 heterocycles. The first kappa shape index (κ1) is 20.2. The second-order valence-electron chi connectivity index (χ2n) is 7.11. The van der Waals surface area contributed by atoms with Gasteiger partial charge >= 0.3 is 0 Å². The van der Waals surface area contributed by atoms with E-state index in [1.54, 1.807) is 18.2 Å². The Morgan fingerprint density at radius 2 is 1.90 bits per heavy atom. The molecule has 13 heteroatoms. The molecule has 2 aromatic heterocycles. The summed E-state index contributed by atoms with van der Waals surface area (Å²) in [7, 11) is -7.08. The minimum atomic E-state index is -4.40. The summed E-state index contributed by atoms with van der Waals surface area (Å²) < 4.78 is 54.8. The van der Waals surface area contributed by atoms with E-state index >= 15 is 0 Å². The minimum Gasteiger partial charge on any atom is -0.355 e. The van der Waals surface area contributed by atoms with Gasteiger partial charge in [-0.1, -0.05) is 35.0 Å². The van der Waals surface area contributed by atoms with Gasteiger partial charge in [-0.25, -0.2) is 17.0 Å². The zero-order valence-electron chi connectivity index (χ0n) is 15.9. The van der Waals surface area contributed by atoms with Gasteiger partial charge in [-0.15, -0.1) is 0 Å². The molecule has 1 atom stereocenters. The third-order valence-corrected chi connectivity index (χ3v) is 8.90. The molecule has 0 amide bonds. The van der Waals surface area contributed by atoms with Gasteiger partial charge in [0.05, 0.1) is 5.52 Å². The first-order valence-corrected chi connectivity index (χ1v) is 12.2. The van der Waals surface area contributed by atoms with E-state index in [0.717, 1.165) is 17.5 Å². The summed E-state index contributed by atoms with van der Waals surface area (Å²) in [5.74, 6) is 0.469. The fraction of sp³-hybridized carbons (Fsp3) is 0.278. The molecule has 1 aliphatic heterocycles. The molecule has 1 saturated heterocycles. The van der Waals surface area contributed by atoms with E-state index in [1.165, 1.54) is 3.97 Å². The number of fused-ring (bicyclic) bond motifs is 2. The van der Waals surface area contributed by atoms with Crippen LogP contribution in [0.4, 0.5) is 5.82 Å². The van der Waals surface area contributed by atoms with E-state index < -0.39 is 24.5 Å². The van der Waals surface area contributed by atoms with E-state index in [9.17, 15) is 16.8 Å². The van der Waals surface area contributed by atoms with Gasteiger partial charge < -0.3 is 10.2 Å². The topological polar surface area (TPSA) is 127 Å². The number of piperazine rings is 1. The number of hydrogen-bond donors (Lipinski definition) is 1. The van der Waals surface area contributed by atoms with Gasteiger partial charge in [-0.05, 0) is 29.4 Å². The SMILES string of the molecule is O=S(=O)=C1C=CC(Cl)(S(=O)(=O)n2c(N3CCNCC3)cc3ccccc32)c2nonc21. The number of nitrogens with zero attached hydrogens (tertiary/aromatic N) is 4. The van der Waals surface area contributed by atoms with E-state index in [-0.39, 0.29) is 16.3 Å². The average Bonchev–Trinajstić information content (AvgIpc) is 3.40. The predicted octanol–water partition coefficient (Wildman–Crippen LogP) is 0.673. The van der Waals surface area contributed by atoms with Gasteiger partial charge in [0.2, 0.25) is 14.5 Å². The van der Waals surface area contributed by atoms with Crippen molar-refractivity contribution in [2.24, 2.45) is 0 Å². The van der Waals surface area contributed by atoms with Crippen molar-refractivity contribution in [2.45, 2.75) is 4.21 Å². The molecule has 2 aliphatic rings. The summed E-state index contributed by atoms with van der Waals surface area (Å²) in [6.45, 7) is 2.64. The third-order valence-electron chi connectivity index (χ3n) is 5.38. The maximum atomic E-state index is 14.0. The van der Waals surface area contributed by atoms with E-state index in [0.29, 0.717) is 37.5 Å². The molecular weight excluding hydrogens is 466 g/mol. The van der Waals surface area contributed by atoms with Crippen LogP contribution in [0.2, 0.25) is 0 Å². The van der Waals surface area contributed by atoms with Crippen molar-refractivity contribution in [1.29, 1.82) is 0 Å². The molecule has 0 radical (unpaired) electrons. The van der Waals surface area contributed by atoms with Crippen molar-refractivity contribution in [3.05, 3.63) is 53.9 Å². The van der Waals surface area contributed by atoms with Crippen LogP contribution in [-0.4, -0.2) is 62.2 Å². The van der Waals surface area contributed by atoms with E-state index in [2.05, 4.69) is 20.3 Å². The first-order valence-electron chi connectivity index (χ1n) is 9.33. The molecule has 162 valence electrons. The Morgan fingerprint density at radius 1 is 1.16 bits per heavy atom. The number of allylic oxidation sites excluding steroid dienone is 1. The van der Waals surface area contributed by atoms with Crippen molar-refractivity contribution in [1.82, 2.24) is 19.6 Å². The van der Waals surface area contributed by atoms with Crippen LogP contribution >= 0.6 is 11.6 Å². The summed E-state index contributed by atoms with van der Waals surface area (Å²) in [5.41, 5.74) is -0.0702. The summed E-state index contributed by atoms with van der Waals surface area (Å²) >= 11 is 6.71. The second kappa shape index (κ2) is 7.19. The molecule has 0 spiro atoms. The number of hydrogen-bond acceptors (Lipinski definition) is 9. The van der Waals surface area contributed by atoms with Crippen LogP contribution in [0.1, 0.15) is 11.4 Å². The standard InChI is InChI=1S/C18H16ClN5O5S2/c19-18(6-5-14(30(25)26)16-17(18)22-29-21-16)31(27,28)24-13-4-2-1-3-12(13)11-15(24)23-9-7-20-8-10-23/h1-6,11,20H,7-10H2. The fourth-order valence-corrected chi connectivity index (χ4v) is 6.46. The maximum Gasteiger partial charge on any atom is 0.270 e. The Morgan fingerprint density at radius 3 is 2.65 bits per heavy atom. The molecule has 1 aliphatic carbocycles. The summed E-state index contributed by atoms with van der Waals surface area (Å²) in [6, 6.07) is 8.88. The molecule has 5 rings (SSSR count). The number of benzene rings is 1. The van der Waals surface area contributed by atoms with Gasteiger partial charge in [-0.2, -0.15) is 8.42 Å². The van der Waals surface area contributed by atoms with Crippen LogP contribution in [0.15, 0.2) is 47.1 Å². The molecule has 3 aromatic rings. The molecule has 1 N–H and O–H groups in total. The summed E-state index contributed by atoms with van der Waals surface area (Å²) in [6.07, 6.45) is 2.20. The van der Waals surface area contributed by atoms with Crippen LogP contribution in [0.25, 0.3) is 10.9 Å². The lowest BCUT2D eigenvalue weighted by Crippen LogP contribution is -2.45. The fourth-order valence-electron chi connectivity index (χ4n) is 3.87. The molecule has 0 saturated carbocycles. The van der Waals surface area contributed by atoms with Crippen molar-refractivity contribution in [3.63, 3.8) is 0 Å². The maximum absolute atomic E-state index is 14.0. The Balaban J connectivity index is 1.78. The largest absolute Gasteiger partial charge is 0.355 e. The zero-order valence-corrected chi connectivity index (χ0v) is 18.3. The molecule has 1 fully saturated rings. The smallest absolute Gasteiger partial charge is 0.270 e. The Kier molecular flexibility index (Phi) is 4.70. The highest BCUT2D eigenvalue weighted by Gasteiger charge is 2.51. The number of alkyl halides is 1. The van der Waals surface area contributed by atoms with Gasteiger partial charge in [0, 0.05) is 31.6 Å². The lowest BCUT2D eigenvalue weighted by Gasteiger charge is -2.32. The zero-order chi connectivity index (χ0) is 21.8. The highest BCUT2D eigenvalue weighted by molar-refractivity contribution is 7.92. The quantitative estimate of drug-likeness (QED) is 0.424. The molecule has 1 aromatic carbocycles. The third kappa shape index (κ3) is 2.93. The monoisotopic (exact) mass is 481 g/mol. The molecule has 1 unspecified atom stereocenters. The lowest BCUT2D eigenvalue weighted by molar-refractivity contribution is 0.302. The Hall–Kier alpha value is -2.67. The van der Waals surface area contributed by atoms with Gasteiger partial charge in [0.25, 0.3) is 10.0 Å². The highest BCUT2D eigenvalue weighted by atomic mass is 35.5. The number of anilines is 1. The van der Waals surface area contributed by atoms with E-state index in [4.69, 9.17) is 11.6 Å². The summed E-state index contributed by atoms with van der Waals surface area (Å²) in [4.78, 5) is 1.72. The van der Waals surface area contributed by atoms with Crippen molar-refractivity contribution in [2.75, 3.05) is 31.1 Å². The average molecular weight is 482 g/mol. The van der Waals surface area contributed by atoms with E-state index in [1.807, 2.05) is 17.0 Å². The van der Waals surface area contributed by atoms with Gasteiger partial charge in [0.15, 0.2) is 11.4 Å². The van der Waals surface area contributed by atoms with Crippen LogP contribution in [-0.2, 0) is 24.5 Å². The lowest BCUT2D eigenvalue weighted by atomic mass is 10.1. The number of para-hydroxylation sites is 1. The van der Waals surface area contributed by atoms with Gasteiger partial charge in [0.1, 0.15) is 10.7 Å². The number of rotatable bonds is 3. The minimum absolute atomic E-state index is 0.227. The number of nitrogens with one attached hydrogen (secondary N) is 1. The van der Waals surface area contributed by atoms with Crippen LogP contribution in [0.5, 0.6) is 0 Å². The number of aromatic nitrogens is 3. The predicted molar refractivity (Wildman–Crippen MR) is 115 cm³/mol. The summed E-state index contributed by atoms with van der Waals surface area (Å²) in [5, 5.41) is 11.2. The Labute approximate surface area is 183 Å². The molecule has 10 nitrogen and oxygen atoms in total. The van der Waals surface area contributed by atoms with Crippen LogP contribution in [0, 0.1) is 0 Å². The van der Waals surface area contributed by atoms with Crippen LogP contribution < -0.4 is 10.2 Å². The van der Waals surface area contributed by atoms with Crippen LogP contribution in [0.3, 0.4) is 0 Å². The van der Waals surface area contributed by atoms with Crippen molar-refractivity contribution < 1.29 is 21.5 Å². The molecule has 31 heavy (non-hydrogen) atoms.